The number of likely N-dealkylation sites (N-methyl/N-ethyl adjacent to an activating group) is 1. The third-order valence-corrected chi connectivity index (χ3v) is 6.16. The van der Waals surface area contributed by atoms with E-state index in [1.165, 1.54) is 4.90 Å². The van der Waals surface area contributed by atoms with E-state index in [9.17, 15) is 9.59 Å². The van der Waals surface area contributed by atoms with E-state index >= 15 is 0 Å². The fourth-order valence-electron chi connectivity index (χ4n) is 3.25. The molecular formula is C24H22N4O4S. The molecule has 4 rings (SSSR count). The maximum atomic E-state index is 12.5. The summed E-state index contributed by atoms with van der Waals surface area (Å²) in [5.41, 5.74) is 1.49. The lowest BCUT2D eigenvalue weighted by Gasteiger charge is -2.17. The molecule has 0 bridgehead atoms. The minimum atomic E-state index is -0.589. The molecule has 8 nitrogen and oxygen atoms in total. The maximum absolute atomic E-state index is 12.5. The van der Waals surface area contributed by atoms with E-state index < -0.39 is 5.97 Å². The molecule has 0 N–H and O–H groups in total. The van der Waals surface area contributed by atoms with Gasteiger partial charge in [0.1, 0.15) is 10.6 Å². The van der Waals surface area contributed by atoms with Gasteiger partial charge in [-0.25, -0.2) is 19.7 Å². The molecule has 33 heavy (non-hydrogen) atoms. The van der Waals surface area contributed by atoms with Gasteiger partial charge in [-0.1, -0.05) is 18.2 Å². The van der Waals surface area contributed by atoms with Crippen LogP contribution in [0.3, 0.4) is 0 Å². The van der Waals surface area contributed by atoms with Gasteiger partial charge in [0.15, 0.2) is 17.4 Å². The smallest absolute Gasteiger partial charge is 0.350 e. The Bertz CT molecular complexity index is 1310. The number of aromatic nitrogens is 3. The zero-order valence-electron chi connectivity index (χ0n) is 18.4. The number of carbonyl (C=O) groups is 2. The van der Waals surface area contributed by atoms with Crippen LogP contribution in [0.2, 0.25) is 0 Å². The molecule has 0 fully saturated rings. The molecule has 0 radical (unpaired) electrons. The number of benzene rings is 2. The van der Waals surface area contributed by atoms with Crippen LogP contribution in [0, 0.1) is 6.92 Å². The quantitative estimate of drug-likeness (QED) is 0.385. The number of fused-ring (bicyclic) bond motifs is 1. The van der Waals surface area contributed by atoms with Gasteiger partial charge in [-0.05, 0) is 47.5 Å². The molecule has 0 aliphatic heterocycles. The number of rotatable bonds is 7. The van der Waals surface area contributed by atoms with E-state index in [-0.39, 0.29) is 12.5 Å². The molecule has 1 amide bonds. The number of nitrogens with zero attached hydrogens (tertiary/aromatic N) is 4. The standard InChI is InChI=1S/C24H22N4O4S/c1-15-21(33-23(27-15)22-25-9-4-10-26-22)24(30)32-14-20(29)28(2)13-16-5-6-18-12-19(31-3)8-7-17(18)11-16/h4-12H,13-14H2,1-3H3. The number of hydrogen-bond acceptors (Lipinski definition) is 8. The van der Waals surface area contributed by atoms with E-state index in [1.807, 2.05) is 36.4 Å². The molecule has 2 aromatic carbocycles. The summed E-state index contributed by atoms with van der Waals surface area (Å²) in [6.45, 7) is 1.75. The van der Waals surface area contributed by atoms with Crippen molar-refractivity contribution < 1.29 is 19.1 Å². The maximum Gasteiger partial charge on any atom is 0.350 e. The van der Waals surface area contributed by atoms with Crippen LogP contribution >= 0.6 is 11.3 Å². The fourth-order valence-corrected chi connectivity index (χ4v) is 4.16. The first kappa shape index (κ1) is 22.3. The summed E-state index contributed by atoms with van der Waals surface area (Å²) in [6.07, 6.45) is 3.22. The van der Waals surface area contributed by atoms with Crippen LogP contribution in [0.5, 0.6) is 5.75 Å². The summed E-state index contributed by atoms with van der Waals surface area (Å²) in [7, 11) is 3.31. The van der Waals surface area contributed by atoms with Gasteiger partial charge in [0.25, 0.3) is 5.91 Å². The molecule has 0 saturated carbocycles. The second-order valence-electron chi connectivity index (χ2n) is 7.38. The summed E-state index contributed by atoms with van der Waals surface area (Å²) < 4.78 is 10.5. The van der Waals surface area contributed by atoms with Crippen LogP contribution in [0.1, 0.15) is 20.9 Å². The monoisotopic (exact) mass is 462 g/mol. The number of aryl methyl sites for hydroxylation is 1. The van der Waals surface area contributed by atoms with Crippen molar-refractivity contribution in [2.75, 3.05) is 20.8 Å². The molecule has 0 atom stereocenters. The van der Waals surface area contributed by atoms with Gasteiger partial charge >= 0.3 is 5.97 Å². The van der Waals surface area contributed by atoms with Crippen molar-refractivity contribution in [2.24, 2.45) is 0 Å². The van der Waals surface area contributed by atoms with Crippen LogP contribution in [-0.2, 0) is 16.1 Å². The van der Waals surface area contributed by atoms with Gasteiger partial charge in [0.2, 0.25) is 0 Å². The SMILES string of the molecule is COc1ccc2cc(CN(C)C(=O)COC(=O)c3sc(-c4ncccn4)nc3C)ccc2c1. The van der Waals surface area contributed by atoms with E-state index in [1.54, 1.807) is 39.5 Å². The van der Waals surface area contributed by atoms with E-state index in [0.717, 1.165) is 33.4 Å². The Labute approximate surface area is 194 Å². The lowest BCUT2D eigenvalue weighted by Crippen LogP contribution is -2.30. The number of esters is 1. The summed E-state index contributed by atoms with van der Waals surface area (Å²) >= 11 is 1.14. The fraction of sp³-hybridized carbons (Fsp3) is 0.208. The molecule has 2 aromatic heterocycles. The number of ether oxygens (including phenoxy) is 2. The Balaban J connectivity index is 1.36. The largest absolute Gasteiger partial charge is 0.497 e. The summed E-state index contributed by atoms with van der Waals surface area (Å²) in [4.78, 5) is 39.6. The first-order chi connectivity index (χ1) is 15.9. The molecule has 0 aliphatic carbocycles. The number of carbonyl (C=O) groups excluding carboxylic acids is 2. The normalized spacial score (nSPS) is 10.8. The molecule has 9 heteroatoms. The zero-order chi connectivity index (χ0) is 23.4. The lowest BCUT2D eigenvalue weighted by molar-refractivity contribution is -0.133. The highest BCUT2D eigenvalue weighted by Crippen LogP contribution is 2.26. The second-order valence-corrected chi connectivity index (χ2v) is 8.38. The highest BCUT2D eigenvalue weighted by atomic mass is 32.1. The zero-order valence-corrected chi connectivity index (χ0v) is 19.3. The number of amides is 1. The van der Waals surface area contributed by atoms with Crippen LogP contribution in [0.4, 0.5) is 0 Å². The van der Waals surface area contributed by atoms with Crippen LogP contribution in [-0.4, -0.2) is 52.5 Å². The lowest BCUT2D eigenvalue weighted by atomic mass is 10.1. The molecule has 0 unspecified atom stereocenters. The molecular weight excluding hydrogens is 440 g/mol. The number of methoxy groups -OCH3 is 1. The predicted octanol–water partition coefficient (Wildman–Crippen LogP) is 3.89. The predicted molar refractivity (Wildman–Crippen MR) is 125 cm³/mol. The van der Waals surface area contributed by atoms with Crippen LogP contribution < -0.4 is 4.74 Å². The molecule has 0 saturated heterocycles. The Morgan fingerprint density at radius 2 is 1.79 bits per heavy atom. The van der Waals surface area contributed by atoms with Crippen molar-refractivity contribution in [3.05, 3.63) is 71.0 Å². The van der Waals surface area contributed by atoms with Gasteiger partial charge in [0.05, 0.1) is 12.8 Å². The number of hydrogen-bond donors (Lipinski definition) is 0. The minimum Gasteiger partial charge on any atom is -0.497 e. The molecule has 2 heterocycles. The third-order valence-electron chi connectivity index (χ3n) is 5.02. The Morgan fingerprint density at radius 1 is 1.06 bits per heavy atom. The highest BCUT2D eigenvalue weighted by Gasteiger charge is 2.20. The third kappa shape index (κ3) is 5.15. The van der Waals surface area contributed by atoms with Crippen molar-refractivity contribution in [3.63, 3.8) is 0 Å². The molecule has 0 spiro atoms. The van der Waals surface area contributed by atoms with Crippen LogP contribution in [0.25, 0.3) is 21.6 Å². The average Bonchev–Trinajstić information content (AvgIpc) is 3.24. The van der Waals surface area contributed by atoms with E-state index in [2.05, 4.69) is 15.0 Å². The van der Waals surface area contributed by atoms with Crippen molar-refractivity contribution in [2.45, 2.75) is 13.5 Å². The molecule has 168 valence electrons. The van der Waals surface area contributed by atoms with Gasteiger partial charge in [-0.2, -0.15) is 0 Å². The topological polar surface area (TPSA) is 94.5 Å². The van der Waals surface area contributed by atoms with Gasteiger partial charge in [-0.15, -0.1) is 11.3 Å². The van der Waals surface area contributed by atoms with Crippen LogP contribution in [0.15, 0.2) is 54.9 Å². The van der Waals surface area contributed by atoms with Gasteiger partial charge < -0.3 is 14.4 Å². The minimum absolute atomic E-state index is 0.299. The summed E-state index contributed by atoms with van der Waals surface area (Å²) in [5.74, 6) is 0.346. The number of thiazole rings is 1. The Kier molecular flexibility index (Phi) is 6.60. The highest BCUT2D eigenvalue weighted by molar-refractivity contribution is 7.16. The van der Waals surface area contributed by atoms with Crippen molar-refractivity contribution >= 4 is 34.0 Å². The van der Waals surface area contributed by atoms with E-state index in [4.69, 9.17) is 9.47 Å². The Morgan fingerprint density at radius 3 is 2.55 bits per heavy atom. The van der Waals surface area contributed by atoms with E-state index in [0.29, 0.717) is 27.9 Å². The van der Waals surface area contributed by atoms with Gasteiger partial charge in [-0.3, -0.25) is 4.79 Å². The van der Waals surface area contributed by atoms with Crippen molar-refractivity contribution in [3.8, 4) is 16.6 Å². The Hall–Kier alpha value is -3.85. The van der Waals surface area contributed by atoms with Gasteiger partial charge in [0, 0.05) is 26.0 Å². The summed E-state index contributed by atoms with van der Waals surface area (Å²) in [6, 6.07) is 13.5. The first-order valence-electron chi connectivity index (χ1n) is 10.2. The molecule has 4 aromatic rings. The average molecular weight is 463 g/mol. The van der Waals surface area contributed by atoms with Crippen molar-refractivity contribution in [1.29, 1.82) is 0 Å². The first-order valence-corrected chi connectivity index (χ1v) is 11.0. The second kappa shape index (κ2) is 9.74. The van der Waals surface area contributed by atoms with Crippen molar-refractivity contribution in [1.82, 2.24) is 19.9 Å². The molecule has 0 aliphatic rings. The summed E-state index contributed by atoms with van der Waals surface area (Å²) in [5, 5.41) is 2.64.